The van der Waals surface area contributed by atoms with E-state index in [1.54, 1.807) is 0 Å². The summed E-state index contributed by atoms with van der Waals surface area (Å²) >= 11 is 0. The van der Waals surface area contributed by atoms with E-state index in [1.165, 1.54) is 0 Å². The molecular weight excluding hydrogens is 120 g/mol. The number of nitrogens with one attached hydrogen (secondary N) is 2. The van der Waals surface area contributed by atoms with Crippen molar-refractivity contribution in [3.63, 3.8) is 0 Å². The van der Waals surface area contributed by atoms with Crippen LogP contribution in [0.4, 0.5) is 4.79 Å². The van der Waals surface area contributed by atoms with Gasteiger partial charge in [-0.3, -0.25) is 4.84 Å². The van der Waals surface area contributed by atoms with Gasteiger partial charge >= 0.3 is 6.03 Å². The smallest absolute Gasteiger partial charge is 0.272 e. The van der Waals surface area contributed by atoms with Gasteiger partial charge in [-0.1, -0.05) is 13.8 Å². The van der Waals surface area contributed by atoms with E-state index >= 15 is 0 Å². The summed E-state index contributed by atoms with van der Waals surface area (Å²) in [6, 6.07) is -0.907. The summed E-state index contributed by atoms with van der Waals surface area (Å²) in [6.07, 6.45) is 0. The third-order valence-electron chi connectivity index (χ3n) is 0.582. The molecule has 53 valence electrons. The van der Waals surface area contributed by atoms with Crippen LogP contribution in [0.2, 0.25) is 0 Å². The zero-order chi connectivity index (χ0) is 7.28. The van der Waals surface area contributed by atoms with Crippen molar-refractivity contribution in [2.75, 3.05) is 6.61 Å². The highest BCUT2D eigenvalue weighted by atomic mass is 16.7. The lowest BCUT2D eigenvalue weighted by atomic mass is 10.2. The van der Waals surface area contributed by atoms with Gasteiger partial charge in [0, 0.05) is 0 Å². The summed E-state index contributed by atoms with van der Waals surface area (Å²) in [5.41, 5.74) is 8.25. The highest BCUT2D eigenvalue weighted by Crippen LogP contribution is 1.88. The molecule has 0 aliphatic heterocycles. The molecule has 0 aromatic rings. The van der Waals surface area contributed by atoms with Gasteiger partial charge in [0.25, 0.3) is 0 Å². The van der Waals surface area contributed by atoms with Gasteiger partial charge < -0.3 is 0 Å². The van der Waals surface area contributed by atoms with Crippen molar-refractivity contribution in [1.82, 2.24) is 11.2 Å². The predicted molar refractivity (Wildman–Crippen MR) is 32.4 cm³/mol. The van der Waals surface area contributed by atoms with Crippen molar-refractivity contribution in [3.8, 4) is 0 Å². The SMILES string of the molecule is CC(C)CONC([NH])=O. The highest BCUT2D eigenvalue weighted by molar-refractivity contribution is 5.69. The second-order valence-electron chi connectivity index (χ2n) is 2.14. The van der Waals surface area contributed by atoms with Crippen molar-refractivity contribution in [3.05, 3.63) is 0 Å². The van der Waals surface area contributed by atoms with E-state index in [-0.39, 0.29) is 0 Å². The van der Waals surface area contributed by atoms with E-state index in [0.717, 1.165) is 0 Å². The number of hydrogen-bond acceptors (Lipinski definition) is 2. The summed E-state index contributed by atoms with van der Waals surface area (Å²) in [6.45, 7) is 4.36. The summed E-state index contributed by atoms with van der Waals surface area (Å²) in [5, 5.41) is 0. The molecule has 4 heteroatoms. The monoisotopic (exact) mass is 131 g/mol. The minimum atomic E-state index is -0.907. The maximum Gasteiger partial charge on any atom is 0.357 e. The third kappa shape index (κ3) is 7.23. The number of urea groups is 1. The lowest BCUT2D eigenvalue weighted by Gasteiger charge is -2.03. The minimum Gasteiger partial charge on any atom is -0.272 e. The van der Waals surface area contributed by atoms with E-state index < -0.39 is 6.03 Å². The summed E-state index contributed by atoms with van der Waals surface area (Å²) in [5.74, 6) is 0.372. The molecule has 0 unspecified atom stereocenters. The molecule has 9 heavy (non-hydrogen) atoms. The fraction of sp³-hybridized carbons (Fsp3) is 0.800. The van der Waals surface area contributed by atoms with Crippen LogP contribution in [0.3, 0.4) is 0 Å². The van der Waals surface area contributed by atoms with Crippen LogP contribution in [0.25, 0.3) is 0 Å². The lowest BCUT2D eigenvalue weighted by molar-refractivity contribution is 0.0463. The molecule has 0 bridgehead atoms. The molecule has 0 saturated heterocycles. The van der Waals surface area contributed by atoms with Gasteiger partial charge in [-0.15, -0.1) is 0 Å². The first kappa shape index (κ1) is 8.23. The molecule has 0 aromatic heterocycles. The van der Waals surface area contributed by atoms with Crippen molar-refractivity contribution in [2.45, 2.75) is 13.8 Å². The Hall–Kier alpha value is -0.770. The Morgan fingerprint density at radius 1 is 1.78 bits per heavy atom. The van der Waals surface area contributed by atoms with Crippen LogP contribution in [0, 0.1) is 5.92 Å². The first-order valence-electron chi connectivity index (χ1n) is 2.76. The Labute approximate surface area is 54.3 Å². The minimum absolute atomic E-state index is 0.372. The fourth-order valence-electron chi connectivity index (χ4n) is 0.274. The second kappa shape index (κ2) is 4.14. The van der Waals surface area contributed by atoms with Gasteiger partial charge in [0.2, 0.25) is 0 Å². The normalized spacial score (nSPS) is 9.67. The molecule has 2 amide bonds. The van der Waals surface area contributed by atoms with Gasteiger partial charge in [0.05, 0.1) is 6.61 Å². The zero-order valence-corrected chi connectivity index (χ0v) is 5.60. The number of amides is 2. The molecule has 0 aliphatic carbocycles. The van der Waals surface area contributed by atoms with Crippen LogP contribution in [0.1, 0.15) is 13.8 Å². The van der Waals surface area contributed by atoms with Crippen LogP contribution < -0.4 is 11.2 Å². The maximum atomic E-state index is 9.86. The van der Waals surface area contributed by atoms with Crippen LogP contribution in [-0.4, -0.2) is 12.6 Å². The van der Waals surface area contributed by atoms with Gasteiger partial charge in [0.1, 0.15) is 0 Å². The van der Waals surface area contributed by atoms with Crippen LogP contribution in [0.5, 0.6) is 0 Å². The summed E-state index contributed by atoms with van der Waals surface area (Å²) < 4.78 is 0. The zero-order valence-electron chi connectivity index (χ0n) is 5.60. The van der Waals surface area contributed by atoms with Gasteiger partial charge in [-0.2, -0.15) is 0 Å². The lowest BCUT2D eigenvalue weighted by Crippen LogP contribution is -2.24. The Morgan fingerprint density at radius 3 is 2.67 bits per heavy atom. The molecule has 2 N–H and O–H groups in total. The predicted octanol–water partition coefficient (Wildman–Crippen LogP) is 0.567. The number of carbonyl (C=O) groups is 1. The Bertz CT molecular complexity index is 93.0. The van der Waals surface area contributed by atoms with Gasteiger partial charge in [-0.25, -0.2) is 16.0 Å². The van der Waals surface area contributed by atoms with E-state index in [0.29, 0.717) is 12.5 Å². The maximum absolute atomic E-state index is 9.86. The summed E-state index contributed by atoms with van der Waals surface area (Å²) in [4.78, 5) is 14.4. The molecule has 1 radical (unpaired) electrons. The number of hydroxylamine groups is 1. The molecule has 0 aliphatic rings. The number of hydrogen-bond donors (Lipinski definition) is 1. The molecule has 0 atom stereocenters. The van der Waals surface area contributed by atoms with Crippen molar-refractivity contribution >= 4 is 6.03 Å². The largest absolute Gasteiger partial charge is 0.357 e. The van der Waals surface area contributed by atoms with E-state index in [9.17, 15) is 4.79 Å². The van der Waals surface area contributed by atoms with E-state index in [1.807, 2.05) is 19.3 Å². The molecule has 0 rings (SSSR count). The van der Waals surface area contributed by atoms with Crippen LogP contribution in [0.15, 0.2) is 0 Å². The molecule has 0 saturated carbocycles. The second-order valence-corrected chi connectivity index (χ2v) is 2.14. The van der Waals surface area contributed by atoms with E-state index in [4.69, 9.17) is 5.73 Å². The number of rotatable bonds is 3. The third-order valence-corrected chi connectivity index (χ3v) is 0.582. The quantitative estimate of drug-likeness (QED) is 0.569. The average molecular weight is 131 g/mol. The summed E-state index contributed by atoms with van der Waals surface area (Å²) in [7, 11) is 0. The Morgan fingerprint density at radius 2 is 2.33 bits per heavy atom. The van der Waals surface area contributed by atoms with Crippen molar-refractivity contribution < 1.29 is 9.63 Å². The molecule has 4 nitrogen and oxygen atoms in total. The van der Waals surface area contributed by atoms with Crippen LogP contribution >= 0.6 is 0 Å². The standard InChI is InChI=1S/C5H11N2O2/c1-4(2)3-9-7-5(6)8/h4,6H,3H2,1-2H3,(H,7,8). The Balaban J connectivity index is 3.01. The average Bonchev–Trinajstić information content (AvgIpc) is 1.63. The molecular formula is C5H11N2O2. The molecule has 0 heterocycles. The van der Waals surface area contributed by atoms with Crippen LogP contribution in [-0.2, 0) is 4.84 Å². The molecule has 0 fully saturated rings. The van der Waals surface area contributed by atoms with Crippen molar-refractivity contribution in [1.29, 1.82) is 0 Å². The molecule has 0 aromatic carbocycles. The molecule has 0 spiro atoms. The van der Waals surface area contributed by atoms with E-state index in [2.05, 4.69) is 4.84 Å². The number of carbonyl (C=O) groups excluding carboxylic acids is 1. The van der Waals surface area contributed by atoms with Gasteiger partial charge in [-0.05, 0) is 5.92 Å². The highest BCUT2D eigenvalue weighted by Gasteiger charge is 1.94. The Kier molecular flexibility index (Phi) is 3.79. The first-order valence-corrected chi connectivity index (χ1v) is 2.76. The van der Waals surface area contributed by atoms with Crippen molar-refractivity contribution in [2.24, 2.45) is 5.92 Å². The first-order chi connectivity index (χ1) is 4.13. The fourth-order valence-corrected chi connectivity index (χ4v) is 0.274. The van der Waals surface area contributed by atoms with Gasteiger partial charge in [0.15, 0.2) is 0 Å². The topological polar surface area (TPSA) is 62.1 Å².